The molecule has 26 heavy (non-hydrogen) atoms. The van der Waals surface area contributed by atoms with Crippen LogP contribution in [0.3, 0.4) is 0 Å². The van der Waals surface area contributed by atoms with Crippen LogP contribution in [0.1, 0.15) is 60.5 Å². The second kappa shape index (κ2) is 7.75. The first-order chi connectivity index (χ1) is 12.7. The van der Waals surface area contributed by atoms with Gasteiger partial charge in [-0.1, -0.05) is 61.9 Å². The van der Waals surface area contributed by atoms with Crippen molar-refractivity contribution in [2.75, 3.05) is 0 Å². The van der Waals surface area contributed by atoms with E-state index >= 15 is 0 Å². The predicted octanol–water partition coefficient (Wildman–Crippen LogP) is 5.27. The molecule has 2 heteroatoms. The van der Waals surface area contributed by atoms with Gasteiger partial charge < -0.3 is 0 Å². The molecule has 2 saturated heterocycles. The van der Waals surface area contributed by atoms with Crippen LogP contribution in [0.25, 0.3) is 0 Å². The van der Waals surface area contributed by atoms with Gasteiger partial charge in [-0.25, -0.2) is 0 Å². The Morgan fingerprint density at radius 1 is 0.962 bits per heavy atom. The largest absolute Gasteiger partial charge is 0.294 e. The number of aryl methyl sites for hydroxylation is 1. The Morgan fingerprint density at radius 2 is 1.65 bits per heavy atom. The van der Waals surface area contributed by atoms with Gasteiger partial charge in [-0.05, 0) is 49.3 Å². The van der Waals surface area contributed by atoms with E-state index in [1.807, 2.05) is 12.1 Å². The van der Waals surface area contributed by atoms with E-state index in [1.54, 1.807) is 0 Å². The van der Waals surface area contributed by atoms with Gasteiger partial charge in [0.1, 0.15) is 0 Å². The Bertz CT molecular complexity index is 740. The fraction of sp³-hybridized carbons (Fsp3) is 0.458. The van der Waals surface area contributed by atoms with Gasteiger partial charge >= 0.3 is 0 Å². The molecule has 0 amide bonds. The fourth-order valence-corrected chi connectivity index (χ4v) is 4.93. The zero-order valence-corrected chi connectivity index (χ0v) is 15.7. The van der Waals surface area contributed by atoms with E-state index < -0.39 is 0 Å². The normalized spacial score (nSPS) is 25.8. The summed E-state index contributed by atoms with van der Waals surface area (Å²) in [4.78, 5) is 15.8. The number of ketones is 1. The number of piperidine rings is 2. The topological polar surface area (TPSA) is 20.3 Å². The number of fused-ring (bicyclic) bond motifs is 2. The first-order valence-electron chi connectivity index (χ1n) is 10.2. The van der Waals surface area contributed by atoms with Crippen molar-refractivity contribution in [3.8, 4) is 0 Å². The molecule has 2 nitrogen and oxygen atoms in total. The van der Waals surface area contributed by atoms with Crippen molar-refractivity contribution >= 4 is 5.78 Å². The van der Waals surface area contributed by atoms with E-state index in [9.17, 15) is 4.79 Å². The Labute approximate surface area is 157 Å². The molecule has 0 spiro atoms. The summed E-state index contributed by atoms with van der Waals surface area (Å²) in [5.74, 6) is 0.570. The second-order valence-corrected chi connectivity index (χ2v) is 7.98. The molecule has 2 aliphatic heterocycles. The van der Waals surface area contributed by atoms with Crippen molar-refractivity contribution in [1.29, 1.82) is 0 Å². The molecule has 2 aliphatic rings. The average Bonchev–Trinajstić information content (AvgIpc) is 2.68. The van der Waals surface area contributed by atoms with Gasteiger partial charge in [0, 0.05) is 30.1 Å². The molecule has 0 aliphatic carbocycles. The van der Waals surface area contributed by atoms with E-state index in [-0.39, 0.29) is 5.92 Å². The molecule has 2 aromatic rings. The fourth-order valence-electron chi connectivity index (χ4n) is 4.93. The molecule has 0 saturated carbocycles. The van der Waals surface area contributed by atoms with Gasteiger partial charge in [-0.15, -0.1) is 0 Å². The number of carbonyl (C=O) groups is 1. The van der Waals surface area contributed by atoms with Crippen LogP contribution in [0.2, 0.25) is 0 Å². The molecular formula is C24H29NO. The van der Waals surface area contributed by atoms with Crippen molar-refractivity contribution < 1.29 is 4.79 Å². The van der Waals surface area contributed by atoms with Gasteiger partial charge in [0.2, 0.25) is 0 Å². The molecule has 0 aromatic heterocycles. The minimum absolute atomic E-state index is 0.199. The van der Waals surface area contributed by atoms with Crippen LogP contribution in [0.4, 0.5) is 0 Å². The van der Waals surface area contributed by atoms with Gasteiger partial charge in [-0.2, -0.15) is 0 Å². The third kappa shape index (κ3) is 3.61. The molecule has 2 atom stereocenters. The summed E-state index contributed by atoms with van der Waals surface area (Å²) in [5.41, 5.74) is 3.58. The summed E-state index contributed by atoms with van der Waals surface area (Å²) in [6.45, 7) is 3.18. The first-order valence-corrected chi connectivity index (χ1v) is 10.2. The molecule has 0 radical (unpaired) electrons. The lowest BCUT2D eigenvalue weighted by atomic mass is 9.75. The maximum absolute atomic E-state index is 13.1. The van der Waals surface area contributed by atoms with Crippen molar-refractivity contribution in [1.82, 2.24) is 4.90 Å². The number of carbonyl (C=O) groups excluding carboxylic acids is 1. The van der Waals surface area contributed by atoms with Crippen LogP contribution in [-0.4, -0.2) is 22.8 Å². The zero-order chi connectivity index (χ0) is 17.9. The highest BCUT2D eigenvalue weighted by Gasteiger charge is 2.40. The quantitative estimate of drug-likeness (QED) is 0.687. The Kier molecular flexibility index (Phi) is 5.21. The van der Waals surface area contributed by atoms with Crippen molar-refractivity contribution in [2.24, 2.45) is 5.92 Å². The van der Waals surface area contributed by atoms with Crippen LogP contribution in [0.15, 0.2) is 54.6 Å². The van der Waals surface area contributed by atoms with Crippen LogP contribution in [0.5, 0.6) is 0 Å². The lowest BCUT2D eigenvalue weighted by Crippen LogP contribution is -2.52. The molecule has 2 aromatic carbocycles. The molecule has 4 rings (SSSR count). The molecule has 2 unspecified atom stereocenters. The van der Waals surface area contributed by atoms with Gasteiger partial charge in [0.15, 0.2) is 5.78 Å². The van der Waals surface area contributed by atoms with E-state index in [0.717, 1.165) is 31.4 Å². The summed E-state index contributed by atoms with van der Waals surface area (Å²) in [5, 5.41) is 0. The third-order valence-corrected chi connectivity index (χ3v) is 6.32. The number of nitrogens with zero attached hydrogens (tertiary/aromatic N) is 1. The van der Waals surface area contributed by atoms with Crippen molar-refractivity contribution in [3.63, 3.8) is 0 Å². The number of Topliss-reactive ketones (excluding diaryl/α,β-unsaturated/α-hetero) is 1. The zero-order valence-electron chi connectivity index (χ0n) is 15.7. The maximum Gasteiger partial charge on any atom is 0.166 e. The predicted molar refractivity (Wildman–Crippen MR) is 106 cm³/mol. The minimum Gasteiger partial charge on any atom is -0.294 e. The summed E-state index contributed by atoms with van der Waals surface area (Å²) < 4.78 is 0. The highest BCUT2D eigenvalue weighted by molar-refractivity contribution is 5.98. The lowest BCUT2D eigenvalue weighted by molar-refractivity contribution is 0.00906. The molecular weight excluding hydrogens is 318 g/mol. The van der Waals surface area contributed by atoms with Crippen LogP contribution in [-0.2, 0) is 13.0 Å². The Balaban J connectivity index is 1.49. The monoisotopic (exact) mass is 347 g/mol. The molecule has 2 heterocycles. The standard InChI is InChI=1S/C24H29NO/c1-2-18-10-6-11-20(14-18)24(26)21-15-22-12-7-13-23(16-21)25(22)17-19-8-4-3-5-9-19/h3-6,8-11,14,21-23H,2,7,12-13,15-17H2,1H3. The molecule has 2 fully saturated rings. The highest BCUT2D eigenvalue weighted by Crippen LogP contribution is 2.39. The first kappa shape index (κ1) is 17.5. The molecule has 0 N–H and O–H groups in total. The molecule has 136 valence electrons. The number of hydrogen-bond acceptors (Lipinski definition) is 2. The van der Waals surface area contributed by atoms with E-state index in [0.29, 0.717) is 17.9 Å². The smallest absolute Gasteiger partial charge is 0.166 e. The third-order valence-electron chi connectivity index (χ3n) is 6.32. The van der Waals surface area contributed by atoms with Crippen LogP contribution >= 0.6 is 0 Å². The maximum atomic E-state index is 13.1. The van der Waals surface area contributed by atoms with Crippen LogP contribution in [0, 0.1) is 5.92 Å². The van der Waals surface area contributed by atoms with Crippen molar-refractivity contribution in [3.05, 3.63) is 71.3 Å². The number of benzene rings is 2. The number of rotatable bonds is 5. The summed E-state index contributed by atoms with van der Waals surface area (Å²) in [6.07, 6.45) is 6.83. The van der Waals surface area contributed by atoms with E-state index in [4.69, 9.17) is 0 Å². The van der Waals surface area contributed by atoms with Crippen LogP contribution < -0.4 is 0 Å². The highest BCUT2D eigenvalue weighted by atomic mass is 16.1. The summed E-state index contributed by atoms with van der Waals surface area (Å²) >= 11 is 0. The van der Waals surface area contributed by atoms with Crippen molar-refractivity contribution in [2.45, 2.75) is 64.1 Å². The lowest BCUT2D eigenvalue weighted by Gasteiger charge is -2.48. The minimum atomic E-state index is 0.199. The van der Waals surface area contributed by atoms with E-state index in [1.165, 1.54) is 30.4 Å². The summed E-state index contributed by atoms with van der Waals surface area (Å²) in [7, 11) is 0. The van der Waals surface area contributed by atoms with Gasteiger partial charge in [-0.3, -0.25) is 9.69 Å². The Morgan fingerprint density at radius 3 is 2.35 bits per heavy atom. The van der Waals surface area contributed by atoms with Gasteiger partial charge in [0.25, 0.3) is 0 Å². The molecule has 2 bridgehead atoms. The van der Waals surface area contributed by atoms with Gasteiger partial charge in [0.05, 0.1) is 0 Å². The summed E-state index contributed by atoms with van der Waals surface area (Å²) in [6, 6.07) is 20.2. The second-order valence-electron chi connectivity index (χ2n) is 7.98. The average molecular weight is 348 g/mol. The number of hydrogen-bond donors (Lipinski definition) is 0. The Hall–Kier alpha value is -1.93. The SMILES string of the molecule is CCc1cccc(C(=O)C2CC3CCCC(C2)N3Cc2ccccc2)c1. The van der Waals surface area contributed by atoms with E-state index in [2.05, 4.69) is 54.3 Å².